The molecule has 0 aliphatic rings. The van der Waals surface area contributed by atoms with Crippen molar-refractivity contribution in [2.24, 2.45) is 5.73 Å². The number of amides is 1. The predicted octanol–water partition coefficient (Wildman–Crippen LogP) is 5.46. The third kappa shape index (κ3) is 5.92. The number of nitrogens with two attached hydrogens (primary N) is 1. The number of nitrogens with one attached hydrogen (secondary N) is 3. The van der Waals surface area contributed by atoms with Crippen LogP contribution >= 0.6 is 11.9 Å². The van der Waals surface area contributed by atoms with Gasteiger partial charge in [-0.15, -0.1) is 0 Å². The SMILES string of the molecule is CCCSNc1ccc(-c2[nH]nc(Nc3cnccn3)c2C(N)=O)cc1OC(C)c1cccc(F)c1. The third-order valence-corrected chi connectivity index (χ3v) is 6.18. The van der Waals surface area contributed by atoms with Gasteiger partial charge >= 0.3 is 0 Å². The number of benzene rings is 2. The van der Waals surface area contributed by atoms with Gasteiger partial charge in [0.05, 0.1) is 17.6 Å². The molecule has 0 aliphatic heterocycles. The van der Waals surface area contributed by atoms with Crippen LogP contribution < -0.4 is 20.5 Å². The zero-order valence-corrected chi connectivity index (χ0v) is 20.6. The van der Waals surface area contributed by atoms with E-state index in [1.54, 1.807) is 30.1 Å². The number of carbonyl (C=O) groups is 1. The average Bonchev–Trinajstić information content (AvgIpc) is 3.29. The number of hydrogen-bond acceptors (Lipinski definition) is 8. The summed E-state index contributed by atoms with van der Waals surface area (Å²) in [5.74, 6) is 1.08. The van der Waals surface area contributed by atoms with Crippen molar-refractivity contribution in [1.82, 2.24) is 20.2 Å². The van der Waals surface area contributed by atoms with Crippen molar-refractivity contribution in [3.63, 3.8) is 0 Å². The van der Waals surface area contributed by atoms with Crippen LogP contribution in [-0.2, 0) is 0 Å². The first kappa shape index (κ1) is 25.0. The van der Waals surface area contributed by atoms with E-state index < -0.39 is 12.0 Å². The highest BCUT2D eigenvalue weighted by Gasteiger charge is 2.22. The summed E-state index contributed by atoms with van der Waals surface area (Å²) >= 11 is 1.55. The fourth-order valence-corrected chi connectivity index (χ4v) is 4.10. The number of nitrogens with zero attached hydrogens (tertiary/aromatic N) is 3. The highest BCUT2D eigenvalue weighted by atomic mass is 32.2. The summed E-state index contributed by atoms with van der Waals surface area (Å²) in [6, 6.07) is 11.8. The lowest BCUT2D eigenvalue weighted by Crippen LogP contribution is -2.13. The molecule has 0 saturated heterocycles. The molecule has 186 valence electrons. The maximum Gasteiger partial charge on any atom is 0.254 e. The second kappa shape index (κ2) is 11.5. The van der Waals surface area contributed by atoms with Gasteiger partial charge in [0.2, 0.25) is 0 Å². The van der Waals surface area contributed by atoms with E-state index in [4.69, 9.17) is 10.5 Å². The Morgan fingerprint density at radius 2 is 2.11 bits per heavy atom. The van der Waals surface area contributed by atoms with Gasteiger partial charge in [-0.2, -0.15) is 5.10 Å². The molecular formula is C25H26FN7O2S. The number of H-pyrrole nitrogens is 1. The van der Waals surface area contributed by atoms with Gasteiger partial charge in [0.15, 0.2) is 5.82 Å². The maximum atomic E-state index is 13.8. The zero-order valence-electron chi connectivity index (χ0n) is 19.8. The van der Waals surface area contributed by atoms with E-state index in [0.717, 1.165) is 17.9 Å². The fraction of sp³-hybridized carbons (Fsp3) is 0.200. The van der Waals surface area contributed by atoms with Gasteiger partial charge in [-0.1, -0.05) is 37.1 Å². The molecule has 0 radical (unpaired) electrons. The number of primary amides is 1. The predicted molar refractivity (Wildman–Crippen MR) is 140 cm³/mol. The van der Waals surface area contributed by atoms with Gasteiger partial charge in [0, 0.05) is 23.7 Å². The summed E-state index contributed by atoms with van der Waals surface area (Å²) in [5.41, 5.74) is 8.39. The van der Waals surface area contributed by atoms with Gasteiger partial charge in [0.25, 0.3) is 5.91 Å². The van der Waals surface area contributed by atoms with Crippen LogP contribution in [0.4, 0.5) is 21.7 Å². The number of halogens is 1. The van der Waals surface area contributed by atoms with Crippen molar-refractivity contribution in [3.8, 4) is 17.0 Å². The Morgan fingerprint density at radius 1 is 1.25 bits per heavy atom. The summed E-state index contributed by atoms with van der Waals surface area (Å²) in [7, 11) is 0. The number of ether oxygens (including phenoxy) is 1. The van der Waals surface area contributed by atoms with Crippen LogP contribution in [0.15, 0.2) is 61.1 Å². The lowest BCUT2D eigenvalue weighted by Gasteiger charge is -2.19. The second-order valence-electron chi connectivity index (χ2n) is 7.88. The molecule has 9 nitrogen and oxygen atoms in total. The van der Waals surface area contributed by atoms with E-state index in [1.165, 1.54) is 30.7 Å². The van der Waals surface area contributed by atoms with Crippen LogP contribution in [0.2, 0.25) is 0 Å². The minimum Gasteiger partial charge on any atom is -0.484 e. The van der Waals surface area contributed by atoms with E-state index >= 15 is 0 Å². The molecule has 36 heavy (non-hydrogen) atoms. The Balaban J connectivity index is 1.69. The molecule has 0 saturated carbocycles. The number of anilines is 3. The molecule has 0 aliphatic carbocycles. The van der Waals surface area contributed by atoms with Gasteiger partial charge in [-0.05, 0) is 43.2 Å². The van der Waals surface area contributed by atoms with Crippen LogP contribution in [0.3, 0.4) is 0 Å². The summed E-state index contributed by atoms with van der Waals surface area (Å²) in [5, 5.41) is 10.1. The van der Waals surface area contributed by atoms with Crippen molar-refractivity contribution in [3.05, 3.63) is 78.0 Å². The second-order valence-corrected chi connectivity index (χ2v) is 8.78. The van der Waals surface area contributed by atoms with Crippen molar-refractivity contribution in [2.75, 3.05) is 15.8 Å². The van der Waals surface area contributed by atoms with Gasteiger partial charge in [-0.3, -0.25) is 14.9 Å². The van der Waals surface area contributed by atoms with Crippen LogP contribution in [0.5, 0.6) is 5.75 Å². The molecule has 5 N–H and O–H groups in total. The number of aromatic nitrogens is 4. The van der Waals surface area contributed by atoms with Crippen molar-refractivity contribution < 1.29 is 13.9 Å². The molecule has 1 amide bonds. The average molecular weight is 508 g/mol. The van der Waals surface area contributed by atoms with Crippen LogP contribution in [-0.4, -0.2) is 31.8 Å². The Morgan fingerprint density at radius 3 is 2.83 bits per heavy atom. The van der Waals surface area contributed by atoms with E-state index in [2.05, 4.69) is 37.1 Å². The van der Waals surface area contributed by atoms with Crippen molar-refractivity contribution >= 4 is 35.2 Å². The number of carbonyl (C=O) groups excluding carboxylic acids is 1. The standard InChI is InChI=1S/C25H26FN7O2S/c1-3-11-36-33-19-8-7-17(13-20(19)35-15(2)16-5-4-6-18(26)12-16)23-22(24(27)34)25(32-31-23)30-21-14-28-9-10-29-21/h4-10,12-15,33H,3,11H2,1-2H3,(H2,27,34)(H2,29,30,31,32). The lowest BCUT2D eigenvalue weighted by molar-refractivity contribution is 0.100. The topological polar surface area (TPSA) is 131 Å². The van der Waals surface area contributed by atoms with Gasteiger partial charge in [-0.25, -0.2) is 9.37 Å². The highest BCUT2D eigenvalue weighted by Crippen LogP contribution is 2.37. The number of rotatable bonds is 11. The first-order valence-corrected chi connectivity index (χ1v) is 12.3. The molecule has 0 bridgehead atoms. The largest absolute Gasteiger partial charge is 0.484 e. The molecule has 4 aromatic rings. The van der Waals surface area contributed by atoms with Gasteiger partial charge < -0.3 is 20.5 Å². The van der Waals surface area contributed by atoms with Crippen molar-refractivity contribution in [2.45, 2.75) is 26.4 Å². The molecule has 0 fully saturated rings. The number of aromatic amines is 1. The highest BCUT2D eigenvalue weighted by molar-refractivity contribution is 8.00. The fourth-order valence-electron chi connectivity index (χ4n) is 3.47. The molecule has 0 spiro atoms. The molecule has 2 aromatic carbocycles. The quantitative estimate of drug-likeness (QED) is 0.156. The molecule has 2 aromatic heterocycles. The normalized spacial score (nSPS) is 11.6. The first-order valence-electron chi connectivity index (χ1n) is 11.3. The monoisotopic (exact) mass is 507 g/mol. The molecule has 1 unspecified atom stereocenters. The van der Waals surface area contributed by atoms with E-state index in [1.807, 2.05) is 19.1 Å². The summed E-state index contributed by atoms with van der Waals surface area (Å²) in [6.07, 6.45) is 5.14. The first-order chi connectivity index (χ1) is 17.5. The van der Waals surface area contributed by atoms with Crippen LogP contribution in [0, 0.1) is 5.82 Å². The Hall–Kier alpha value is -4.12. The minimum atomic E-state index is -0.665. The molecular weight excluding hydrogens is 481 g/mol. The summed E-state index contributed by atoms with van der Waals surface area (Å²) in [6.45, 7) is 3.94. The Bertz CT molecular complexity index is 1330. The number of hydrogen-bond donors (Lipinski definition) is 4. The molecule has 4 rings (SSSR count). The van der Waals surface area contributed by atoms with Crippen molar-refractivity contribution in [1.29, 1.82) is 0 Å². The van der Waals surface area contributed by atoms with Gasteiger partial charge in [0.1, 0.15) is 29.1 Å². The smallest absolute Gasteiger partial charge is 0.254 e. The summed E-state index contributed by atoms with van der Waals surface area (Å²) < 4.78 is 23.3. The lowest BCUT2D eigenvalue weighted by atomic mass is 10.1. The summed E-state index contributed by atoms with van der Waals surface area (Å²) in [4.78, 5) is 20.5. The Labute approximate surface area is 212 Å². The third-order valence-electron chi connectivity index (χ3n) is 5.20. The van der Waals surface area contributed by atoms with E-state index in [0.29, 0.717) is 28.4 Å². The van der Waals surface area contributed by atoms with Crippen LogP contribution in [0.25, 0.3) is 11.3 Å². The van der Waals surface area contributed by atoms with E-state index in [9.17, 15) is 9.18 Å². The maximum absolute atomic E-state index is 13.8. The molecule has 1 atom stereocenters. The molecule has 2 heterocycles. The van der Waals surface area contributed by atoms with Crippen LogP contribution in [0.1, 0.15) is 42.3 Å². The Kier molecular flexibility index (Phi) is 8.01. The zero-order chi connectivity index (χ0) is 25.5. The minimum absolute atomic E-state index is 0.172. The molecule has 11 heteroatoms. The van der Waals surface area contributed by atoms with E-state index in [-0.39, 0.29) is 17.2 Å².